The molecule has 0 atom stereocenters. The molecule has 0 amide bonds. The minimum absolute atomic E-state index is 0.295. The molecule has 0 aliphatic carbocycles. The molecule has 0 fully saturated rings. The fourth-order valence-electron chi connectivity index (χ4n) is 1.09. The highest BCUT2D eigenvalue weighted by atomic mass is 16.5. The maximum atomic E-state index is 5.36. The van der Waals surface area contributed by atoms with Crippen molar-refractivity contribution < 1.29 is 4.74 Å². The number of amidine groups is 1. The van der Waals surface area contributed by atoms with Crippen LogP contribution in [0.25, 0.3) is 0 Å². The summed E-state index contributed by atoms with van der Waals surface area (Å²) in [6.45, 7) is 5.29. The molecule has 0 aliphatic rings. The Kier molecular flexibility index (Phi) is 7.45. The topological polar surface area (TPSA) is 47.6 Å². The first-order chi connectivity index (χ1) is 6.16. The SMILES string of the molecule is COC(N)=NCCCCCC(C)C. The number of rotatable bonds is 6. The van der Waals surface area contributed by atoms with Crippen molar-refractivity contribution in [2.45, 2.75) is 39.5 Å². The van der Waals surface area contributed by atoms with E-state index in [1.807, 2.05) is 0 Å². The van der Waals surface area contributed by atoms with Crippen LogP contribution < -0.4 is 5.73 Å². The van der Waals surface area contributed by atoms with E-state index in [1.165, 1.54) is 26.4 Å². The molecule has 0 saturated carbocycles. The minimum Gasteiger partial charge on any atom is -0.469 e. The summed E-state index contributed by atoms with van der Waals surface area (Å²) in [5, 5.41) is 0. The number of hydrogen-bond acceptors (Lipinski definition) is 2. The number of ether oxygens (including phenoxy) is 1. The van der Waals surface area contributed by atoms with E-state index >= 15 is 0 Å². The zero-order chi connectivity index (χ0) is 10.1. The van der Waals surface area contributed by atoms with Gasteiger partial charge in [-0.25, -0.2) is 4.99 Å². The Morgan fingerprint density at radius 1 is 1.31 bits per heavy atom. The van der Waals surface area contributed by atoms with Gasteiger partial charge in [-0.3, -0.25) is 0 Å². The summed E-state index contributed by atoms with van der Waals surface area (Å²) in [6, 6.07) is 0.295. The molecule has 0 rings (SSSR count). The monoisotopic (exact) mass is 186 g/mol. The zero-order valence-electron chi connectivity index (χ0n) is 9.05. The first kappa shape index (κ1) is 12.3. The first-order valence-electron chi connectivity index (χ1n) is 5.00. The Morgan fingerprint density at radius 2 is 2.00 bits per heavy atom. The molecule has 0 aromatic carbocycles. The van der Waals surface area contributed by atoms with Crippen LogP contribution in [0.3, 0.4) is 0 Å². The van der Waals surface area contributed by atoms with Gasteiger partial charge in [-0.1, -0.05) is 33.1 Å². The number of nitrogens with two attached hydrogens (primary N) is 1. The van der Waals surface area contributed by atoms with E-state index < -0.39 is 0 Å². The van der Waals surface area contributed by atoms with Crippen LogP contribution in [0, 0.1) is 5.92 Å². The van der Waals surface area contributed by atoms with Gasteiger partial charge in [0.05, 0.1) is 7.11 Å². The Bertz CT molecular complexity index is 144. The lowest BCUT2D eigenvalue weighted by Gasteiger charge is -2.02. The summed E-state index contributed by atoms with van der Waals surface area (Å²) in [6.07, 6.45) is 4.94. The molecule has 0 unspecified atom stereocenters. The van der Waals surface area contributed by atoms with Crippen LogP contribution in [0.15, 0.2) is 4.99 Å². The van der Waals surface area contributed by atoms with E-state index in [0.29, 0.717) is 6.02 Å². The fraction of sp³-hybridized carbons (Fsp3) is 0.900. The average Bonchev–Trinajstić information content (AvgIpc) is 2.10. The Hall–Kier alpha value is -0.730. The van der Waals surface area contributed by atoms with Crippen molar-refractivity contribution >= 4 is 6.02 Å². The molecule has 78 valence electrons. The summed E-state index contributed by atoms with van der Waals surface area (Å²) in [5.41, 5.74) is 5.36. The number of nitrogens with zero attached hydrogens (tertiary/aromatic N) is 1. The quantitative estimate of drug-likeness (QED) is 0.392. The lowest BCUT2D eigenvalue weighted by atomic mass is 10.1. The van der Waals surface area contributed by atoms with E-state index in [4.69, 9.17) is 10.5 Å². The van der Waals surface area contributed by atoms with Crippen LogP contribution in [-0.2, 0) is 4.74 Å². The van der Waals surface area contributed by atoms with Crippen molar-refractivity contribution in [2.24, 2.45) is 16.6 Å². The van der Waals surface area contributed by atoms with E-state index in [0.717, 1.165) is 18.9 Å². The normalized spacial score (nSPS) is 12.2. The lowest BCUT2D eigenvalue weighted by Crippen LogP contribution is -2.14. The maximum absolute atomic E-state index is 5.36. The van der Waals surface area contributed by atoms with Gasteiger partial charge in [0.25, 0.3) is 6.02 Å². The van der Waals surface area contributed by atoms with Crippen molar-refractivity contribution in [1.82, 2.24) is 0 Å². The predicted octanol–water partition coefficient (Wildman–Crippen LogP) is 2.16. The zero-order valence-corrected chi connectivity index (χ0v) is 9.05. The molecule has 0 heterocycles. The third-order valence-electron chi connectivity index (χ3n) is 1.92. The Labute approximate surface area is 81.4 Å². The first-order valence-corrected chi connectivity index (χ1v) is 5.00. The van der Waals surface area contributed by atoms with E-state index in [9.17, 15) is 0 Å². The van der Waals surface area contributed by atoms with Crippen LogP contribution in [0.4, 0.5) is 0 Å². The second-order valence-electron chi connectivity index (χ2n) is 3.67. The van der Waals surface area contributed by atoms with Crippen LogP contribution in [-0.4, -0.2) is 19.7 Å². The third kappa shape index (κ3) is 9.18. The summed E-state index contributed by atoms with van der Waals surface area (Å²) in [4.78, 5) is 4.03. The summed E-state index contributed by atoms with van der Waals surface area (Å²) in [5.74, 6) is 0.813. The molecule has 3 nitrogen and oxygen atoms in total. The highest BCUT2D eigenvalue weighted by molar-refractivity contribution is 5.71. The van der Waals surface area contributed by atoms with Gasteiger partial charge in [-0.2, -0.15) is 0 Å². The molecule has 0 aliphatic heterocycles. The molecule has 0 aromatic rings. The fourth-order valence-corrected chi connectivity index (χ4v) is 1.09. The van der Waals surface area contributed by atoms with Crippen molar-refractivity contribution in [2.75, 3.05) is 13.7 Å². The standard InChI is InChI=1S/C10H22N2O/c1-9(2)7-5-4-6-8-12-10(11)13-3/h9H,4-8H2,1-3H3,(H2,11,12). The van der Waals surface area contributed by atoms with Crippen molar-refractivity contribution in [1.29, 1.82) is 0 Å². The van der Waals surface area contributed by atoms with Crippen molar-refractivity contribution in [3.63, 3.8) is 0 Å². The summed E-state index contributed by atoms with van der Waals surface area (Å²) < 4.78 is 4.72. The number of methoxy groups -OCH3 is 1. The van der Waals surface area contributed by atoms with Crippen LogP contribution in [0.2, 0.25) is 0 Å². The molecule has 2 N–H and O–H groups in total. The predicted molar refractivity (Wildman–Crippen MR) is 56.8 cm³/mol. The molecule has 13 heavy (non-hydrogen) atoms. The van der Waals surface area contributed by atoms with Crippen LogP contribution in [0.5, 0.6) is 0 Å². The summed E-state index contributed by atoms with van der Waals surface area (Å²) in [7, 11) is 1.54. The second-order valence-corrected chi connectivity index (χ2v) is 3.67. The molecule has 0 radical (unpaired) electrons. The molecular formula is C10H22N2O. The van der Waals surface area contributed by atoms with Crippen LogP contribution in [0.1, 0.15) is 39.5 Å². The molecular weight excluding hydrogens is 164 g/mol. The number of aliphatic imine (C=N–C) groups is 1. The van der Waals surface area contributed by atoms with Gasteiger partial charge in [0.2, 0.25) is 0 Å². The molecule has 0 bridgehead atoms. The smallest absolute Gasteiger partial charge is 0.281 e. The van der Waals surface area contributed by atoms with Crippen molar-refractivity contribution in [3.8, 4) is 0 Å². The highest BCUT2D eigenvalue weighted by Gasteiger charge is 1.94. The van der Waals surface area contributed by atoms with Gasteiger partial charge >= 0.3 is 0 Å². The van der Waals surface area contributed by atoms with Gasteiger partial charge in [0.15, 0.2) is 0 Å². The van der Waals surface area contributed by atoms with Gasteiger partial charge in [-0.15, -0.1) is 0 Å². The van der Waals surface area contributed by atoms with Gasteiger partial charge in [-0.05, 0) is 12.3 Å². The number of hydrogen-bond donors (Lipinski definition) is 1. The van der Waals surface area contributed by atoms with Gasteiger partial charge < -0.3 is 10.5 Å². The van der Waals surface area contributed by atoms with Crippen LogP contribution >= 0.6 is 0 Å². The van der Waals surface area contributed by atoms with Gasteiger partial charge in [0, 0.05) is 6.54 Å². The Balaban J connectivity index is 3.17. The van der Waals surface area contributed by atoms with E-state index in [2.05, 4.69) is 18.8 Å². The average molecular weight is 186 g/mol. The Morgan fingerprint density at radius 3 is 2.54 bits per heavy atom. The molecule has 0 aromatic heterocycles. The maximum Gasteiger partial charge on any atom is 0.281 e. The largest absolute Gasteiger partial charge is 0.469 e. The van der Waals surface area contributed by atoms with E-state index in [1.54, 1.807) is 0 Å². The second kappa shape index (κ2) is 7.90. The molecule has 0 spiro atoms. The lowest BCUT2D eigenvalue weighted by molar-refractivity contribution is 0.393. The summed E-state index contributed by atoms with van der Waals surface area (Å²) >= 11 is 0. The van der Waals surface area contributed by atoms with Crippen molar-refractivity contribution in [3.05, 3.63) is 0 Å². The van der Waals surface area contributed by atoms with E-state index in [-0.39, 0.29) is 0 Å². The van der Waals surface area contributed by atoms with Gasteiger partial charge in [0.1, 0.15) is 0 Å². The highest BCUT2D eigenvalue weighted by Crippen LogP contribution is 2.07. The third-order valence-corrected chi connectivity index (χ3v) is 1.92. The molecule has 0 saturated heterocycles. The molecule has 3 heteroatoms. The number of unbranched alkanes of at least 4 members (excludes halogenated alkanes) is 2. The minimum atomic E-state index is 0.295.